The summed E-state index contributed by atoms with van der Waals surface area (Å²) < 4.78 is 5.46. The SMILES string of the molecule is O=C(O)c1ccc(Oc2ccc(C(=O)O)cc2)cc1.[Cu]. The normalized spacial score (nSPS) is 9.40. The van der Waals surface area contributed by atoms with Crippen molar-refractivity contribution in [2.45, 2.75) is 0 Å². The number of rotatable bonds is 4. The summed E-state index contributed by atoms with van der Waals surface area (Å²) in [4.78, 5) is 21.4. The van der Waals surface area contributed by atoms with Gasteiger partial charge in [0, 0.05) is 17.1 Å². The van der Waals surface area contributed by atoms with Crippen LogP contribution in [-0.2, 0) is 17.1 Å². The Kier molecular flexibility index (Phi) is 5.32. The number of carboxylic acid groups (broad SMARTS) is 2. The van der Waals surface area contributed by atoms with E-state index in [-0.39, 0.29) is 28.2 Å². The van der Waals surface area contributed by atoms with Gasteiger partial charge < -0.3 is 14.9 Å². The third-order valence-electron chi connectivity index (χ3n) is 2.44. The molecule has 5 nitrogen and oxygen atoms in total. The van der Waals surface area contributed by atoms with E-state index in [9.17, 15) is 9.59 Å². The Labute approximate surface area is 125 Å². The first-order valence-corrected chi connectivity index (χ1v) is 5.41. The van der Waals surface area contributed by atoms with Gasteiger partial charge in [-0.1, -0.05) is 0 Å². The maximum absolute atomic E-state index is 10.7. The molecule has 20 heavy (non-hydrogen) atoms. The van der Waals surface area contributed by atoms with Gasteiger partial charge in [0.15, 0.2) is 0 Å². The largest absolute Gasteiger partial charge is 0.478 e. The fourth-order valence-electron chi connectivity index (χ4n) is 1.47. The molecule has 107 valence electrons. The molecule has 0 aliphatic rings. The molecule has 2 N–H and O–H groups in total. The molecule has 0 heterocycles. The minimum absolute atomic E-state index is 0. The summed E-state index contributed by atoms with van der Waals surface area (Å²) >= 11 is 0. The van der Waals surface area contributed by atoms with Gasteiger partial charge in [-0.05, 0) is 48.5 Å². The molecule has 1 radical (unpaired) electrons. The van der Waals surface area contributed by atoms with Gasteiger partial charge in [-0.25, -0.2) is 9.59 Å². The van der Waals surface area contributed by atoms with Crippen molar-refractivity contribution in [3.8, 4) is 11.5 Å². The van der Waals surface area contributed by atoms with Gasteiger partial charge in [0.25, 0.3) is 0 Å². The van der Waals surface area contributed by atoms with E-state index < -0.39 is 11.9 Å². The van der Waals surface area contributed by atoms with Crippen LogP contribution in [0, 0.1) is 0 Å². The van der Waals surface area contributed by atoms with Crippen LogP contribution in [0.2, 0.25) is 0 Å². The Hall–Kier alpha value is -2.30. The van der Waals surface area contributed by atoms with Crippen molar-refractivity contribution in [3.63, 3.8) is 0 Å². The van der Waals surface area contributed by atoms with Crippen LogP contribution >= 0.6 is 0 Å². The Bertz CT molecular complexity index is 549. The predicted octanol–water partition coefficient (Wildman–Crippen LogP) is 2.87. The zero-order valence-corrected chi connectivity index (χ0v) is 11.0. The van der Waals surface area contributed by atoms with Crippen molar-refractivity contribution >= 4 is 11.9 Å². The topological polar surface area (TPSA) is 83.8 Å². The van der Waals surface area contributed by atoms with Crippen molar-refractivity contribution in [3.05, 3.63) is 59.7 Å². The third-order valence-corrected chi connectivity index (χ3v) is 2.44. The van der Waals surface area contributed by atoms with Crippen LogP contribution in [0.1, 0.15) is 20.7 Å². The molecule has 0 bridgehead atoms. The van der Waals surface area contributed by atoms with Gasteiger partial charge in [-0.3, -0.25) is 0 Å². The predicted molar refractivity (Wildman–Crippen MR) is 66.9 cm³/mol. The molecule has 0 amide bonds. The molecule has 2 rings (SSSR count). The van der Waals surface area contributed by atoms with E-state index >= 15 is 0 Å². The van der Waals surface area contributed by atoms with Crippen LogP contribution in [0.5, 0.6) is 11.5 Å². The van der Waals surface area contributed by atoms with Crippen molar-refractivity contribution in [2.24, 2.45) is 0 Å². The van der Waals surface area contributed by atoms with E-state index in [0.717, 1.165) is 0 Å². The van der Waals surface area contributed by atoms with Gasteiger partial charge in [0.1, 0.15) is 11.5 Å². The van der Waals surface area contributed by atoms with E-state index in [1.807, 2.05) is 0 Å². The summed E-state index contributed by atoms with van der Waals surface area (Å²) in [6.45, 7) is 0. The number of ether oxygens (including phenoxy) is 1. The third kappa shape index (κ3) is 3.85. The van der Waals surface area contributed by atoms with Crippen molar-refractivity contribution in [1.82, 2.24) is 0 Å². The fourth-order valence-corrected chi connectivity index (χ4v) is 1.47. The van der Waals surface area contributed by atoms with E-state index in [1.165, 1.54) is 48.5 Å². The van der Waals surface area contributed by atoms with Gasteiger partial charge in [-0.2, -0.15) is 0 Å². The van der Waals surface area contributed by atoms with Crippen LogP contribution in [0.25, 0.3) is 0 Å². The molecule has 0 fully saturated rings. The second kappa shape index (κ2) is 6.75. The average Bonchev–Trinajstić information content (AvgIpc) is 2.40. The van der Waals surface area contributed by atoms with Gasteiger partial charge in [0.05, 0.1) is 11.1 Å². The molecular formula is C14H10CuO5. The van der Waals surface area contributed by atoms with Gasteiger partial charge >= 0.3 is 11.9 Å². The zero-order valence-electron chi connectivity index (χ0n) is 10.0. The van der Waals surface area contributed by atoms with Crippen LogP contribution in [0.15, 0.2) is 48.5 Å². The Morgan fingerprint density at radius 2 is 1.00 bits per heavy atom. The molecule has 0 saturated heterocycles. The second-order valence-corrected chi connectivity index (χ2v) is 3.76. The first-order valence-electron chi connectivity index (χ1n) is 5.41. The van der Waals surface area contributed by atoms with Crippen molar-refractivity contribution in [2.75, 3.05) is 0 Å². The summed E-state index contributed by atoms with van der Waals surface area (Å²) in [5, 5.41) is 17.5. The first-order chi connectivity index (χ1) is 9.06. The smallest absolute Gasteiger partial charge is 0.335 e. The number of carboxylic acids is 2. The molecule has 6 heteroatoms. The number of hydrogen-bond donors (Lipinski definition) is 2. The van der Waals surface area contributed by atoms with Gasteiger partial charge in [-0.15, -0.1) is 0 Å². The summed E-state index contributed by atoms with van der Waals surface area (Å²) in [7, 11) is 0. The standard InChI is InChI=1S/C14H10O5.Cu/c15-13(16)9-1-5-11(6-2-9)19-12-7-3-10(4-8-12)14(17)18;/h1-8H,(H,15,16)(H,17,18);. The Morgan fingerprint density at radius 1 is 0.700 bits per heavy atom. The van der Waals surface area contributed by atoms with Crippen LogP contribution in [0.4, 0.5) is 0 Å². The Balaban J connectivity index is 0.00000200. The summed E-state index contributed by atoms with van der Waals surface area (Å²) in [5.41, 5.74) is 0.349. The minimum Gasteiger partial charge on any atom is -0.478 e. The molecule has 0 saturated carbocycles. The second-order valence-electron chi connectivity index (χ2n) is 3.76. The first kappa shape index (κ1) is 15.8. The van der Waals surface area contributed by atoms with E-state index in [4.69, 9.17) is 14.9 Å². The van der Waals surface area contributed by atoms with E-state index in [2.05, 4.69) is 0 Å². The minimum atomic E-state index is -1.00. The average molecular weight is 322 g/mol. The zero-order chi connectivity index (χ0) is 13.8. The number of aromatic carboxylic acids is 2. The molecule has 0 unspecified atom stereocenters. The summed E-state index contributed by atoms with van der Waals surface area (Å²) in [6, 6.07) is 11.9. The molecule has 0 atom stereocenters. The molecule has 0 aliphatic heterocycles. The van der Waals surface area contributed by atoms with E-state index in [0.29, 0.717) is 11.5 Å². The number of hydrogen-bond acceptors (Lipinski definition) is 3. The van der Waals surface area contributed by atoms with Crippen molar-refractivity contribution < 1.29 is 41.6 Å². The fraction of sp³-hybridized carbons (Fsp3) is 0. The van der Waals surface area contributed by atoms with Crippen LogP contribution in [-0.4, -0.2) is 22.2 Å². The molecule has 2 aromatic rings. The van der Waals surface area contributed by atoms with Crippen LogP contribution < -0.4 is 4.74 Å². The summed E-state index contributed by atoms with van der Waals surface area (Å²) in [6.07, 6.45) is 0. The van der Waals surface area contributed by atoms with E-state index in [1.54, 1.807) is 0 Å². The maximum Gasteiger partial charge on any atom is 0.335 e. The monoisotopic (exact) mass is 321 g/mol. The molecule has 0 spiro atoms. The number of carbonyl (C=O) groups is 2. The number of benzene rings is 2. The van der Waals surface area contributed by atoms with Crippen LogP contribution in [0.3, 0.4) is 0 Å². The molecule has 0 aliphatic carbocycles. The quantitative estimate of drug-likeness (QED) is 0.846. The summed E-state index contributed by atoms with van der Waals surface area (Å²) in [5.74, 6) is -1.05. The van der Waals surface area contributed by atoms with Crippen molar-refractivity contribution in [1.29, 1.82) is 0 Å². The Morgan fingerprint density at radius 3 is 1.25 bits per heavy atom. The molecule has 2 aromatic carbocycles. The molecule has 0 aromatic heterocycles. The van der Waals surface area contributed by atoms with Gasteiger partial charge in [0.2, 0.25) is 0 Å². The maximum atomic E-state index is 10.7. The molecular weight excluding hydrogens is 312 g/mol.